The van der Waals surface area contributed by atoms with Crippen LogP contribution in [0.25, 0.3) is 22.1 Å². The van der Waals surface area contributed by atoms with Gasteiger partial charge in [0.2, 0.25) is 0 Å². The van der Waals surface area contributed by atoms with Crippen LogP contribution in [0.15, 0.2) is 107 Å². The van der Waals surface area contributed by atoms with Crippen molar-refractivity contribution >= 4 is 45.6 Å². The molecule has 0 saturated carbocycles. The predicted molar refractivity (Wildman–Crippen MR) is 167 cm³/mol. The molecule has 0 atom stereocenters. The van der Waals surface area contributed by atoms with E-state index in [9.17, 15) is 0 Å². The molecule has 2 aromatic heterocycles. The molecule has 0 fully saturated rings. The number of benzene rings is 4. The van der Waals surface area contributed by atoms with E-state index in [1.54, 1.807) is 37.7 Å². The second kappa shape index (κ2) is 13.0. The van der Waals surface area contributed by atoms with Crippen LogP contribution >= 0.6 is 23.5 Å². The van der Waals surface area contributed by atoms with Gasteiger partial charge in [0.05, 0.1) is 36.3 Å². The number of fused-ring (bicyclic) bond motifs is 2. The normalized spacial score (nSPS) is 10.9. The minimum absolute atomic E-state index is 0.843. The van der Waals surface area contributed by atoms with E-state index in [2.05, 4.69) is 74.7 Å². The van der Waals surface area contributed by atoms with Crippen LogP contribution < -0.4 is 9.47 Å². The topological polar surface area (TPSA) is 54.1 Å². The lowest BCUT2D eigenvalue weighted by Gasteiger charge is -2.03. The van der Waals surface area contributed by atoms with Crippen molar-refractivity contribution in [2.24, 2.45) is 14.1 Å². The van der Waals surface area contributed by atoms with Gasteiger partial charge in [-0.3, -0.25) is 0 Å². The fourth-order valence-electron chi connectivity index (χ4n) is 4.26. The van der Waals surface area contributed by atoms with Gasteiger partial charge in [-0.05, 0) is 35.4 Å². The van der Waals surface area contributed by atoms with Gasteiger partial charge in [0.15, 0.2) is 10.3 Å². The Morgan fingerprint density at radius 3 is 1.65 bits per heavy atom. The smallest absolute Gasteiger partial charge is 0.169 e. The molecule has 0 saturated heterocycles. The summed E-state index contributed by atoms with van der Waals surface area (Å²) in [6.07, 6.45) is 0. The fraction of sp³-hybridized carbons (Fsp3) is 0.188. The number of nitrogens with zero attached hydrogens (tertiary/aromatic N) is 4. The zero-order valence-electron chi connectivity index (χ0n) is 23.1. The second-order valence-electron chi connectivity index (χ2n) is 9.16. The molecule has 6 nitrogen and oxygen atoms in total. The minimum atomic E-state index is 0.843. The molecule has 6 rings (SSSR count). The fourth-order valence-corrected chi connectivity index (χ4v) is 6.15. The predicted octanol–water partition coefficient (Wildman–Crippen LogP) is 7.75. The first-order valence-electron chi connectivity index (χ1n) is 12.9. The monoisotopic (exact) mass is 568 g/mol. The van der Waals surface area contributed by atoms with Crippen molar-refractivity contribution in [3.05, 3.63) is 108 Å². The first kappa shape index (κ1) is 27.7. The zero-order valence-corrected chi connectivity index (χ0v) is 24.7. The molecule has 0 aliphatic heterocycles. The van der Waals surface area contributed by atoms with E-state index < -0.39 is 0 Å². The first-order valence-corrected chi connectivity index (χ1v) is 14.9. The van der Waals surface area contributed by atoms with Gasteiger partial charge in [-0.2, -0.15) is 0 Å². The SMILES string of the molecule is COc1ccc2c(c1)nc(SCc1ccccc1)n2C.COc1ccc2nc(SCc3ccccc3)n(C)c2c1. The van der Waals surface area contributed by atoms with E-state index in [0.717, 1.165) is 55.4 Å². The van der Waals surface area contributed by atoms with E-state index in [4.69, 9.17) is 9.47 Å². The van der Waals surface area contributed by atoms with E-state index in [1.165, 1.54) is 11.1 Å². The number of thioether (sulfide) groups is 2. The maximum atomic E-state index is 5.27. The van der Waals surface area contributed by atoms with E-state index in [-0.39, 0.29) is 0 Å². The molecule has 6 aromatic rings. The minimum Gasteiger partial charge on any atom is -0.497 e. The molecule has 40 heavy (non-hydrogen) atoms. The molecule has 8 heteroatoms. The van der Waals surface area contributed by atoms with E-state index >= 15 is 0 Å². The van der Waals surface area contributed by atoms with Gasteiger partial charge in [-0.25, -0.2) is 9.97 Å². The molecule has 204 valence electrons. The van der Waals surface area contributed by atoms with Crippen LogP contribution in [-0.2, 0) is 25.6 Å². The van der Waals surface area contributed by atoms with Crippen LogP contribution in [0.5, 0.6) is 11.5 Å². The van der Waals surface area contributed by atoms with Crippen LogP contribution in [0.4, 0.5) is 0 Å². The molecule has 0 bridgehead atoms. The van der Waals surface area contributed by atoms with Crippen molar-refractivity contribution in [1.29, 1.82) is 0 Å². The Morgan fingerprint density at radius 2 is 1.07 bits per heavy atom. The van der Waals surface area contributed by atoms with Crippen LogP contribution in [0.1, 0.15) is 11.1 Å². The largest absolute Gasteiger partial charge is 0.497 e. The first-order chi connectivity index (χ1) is 19.6. The molecule has 0 radical (unpaired) electrons. The molecule has 0 N–H and O–H groups in total. The van der Waals surface area contributed by atoms with Gasteiger partial charge in [-0.1, -0.05) is 84.2 Å². The Kier molecular flexibility index (Phi) is 8.98. The number of aromatic nitrogens is 4. The Morgan fingerprint density at radius 1 is 0.575 bits per heavy atom. The molecular weight excluding hydrogens is 537 g/mol. The number of imidazole rings is 2. The summed E-state index contributed by atoms with van der Waals surface area (Å²) < 4.78 is 14.8. The van der Waals surface area contributed by atoms with Crippen LogP contribution in [0.3, 0.4) is 0 Å². The molecule has 0 unspecified atom stereocenters. The highest BCUT2D eigenvalue weighted by Gasteiger charge is 2.10. The molecule has 0 aliphatic rings. The van der Waals surface area contributed by atoms with Crippen molar-refractivity contribution < 1.29 is 9.47 Å². The van der Waals surface area contributed by atoms with Crippen LogP contribution in [-0.4, -0.2) is 33.3 Å². The van der Waals surface area contributed by atoms with Crippen LogP contribution in [0.2, 0.25) is 0 Å². The average molecular weight is 569 g/mol. The summed E-state index contributed by atoms with van der Waals surface area (Å²) in [5.74, 6) is 3.56. The van der Waals surface area contributed by atoms with Crippen molar-refractivity contribution in [1.82, 2.24) is 19.1 Å². The highest BCUT2D eigenvalue weighted by Crippen LogP contribution is 2.29. The Balaban J connectivity index is 0.000000161. The third-order valence-electron chi connectivity index (χ3n) is 6.52. The lowest BCUT2D eigenvalue weighted by molar-refractivity contribution is 0.415. The molecule has 0 aliphatic carbocycles. The highest BCUT2D eigenvalue weighted by atomic mass is 32.2. The maximum Gasteiger partial charge on any atom is 0.169 e. The summed E-state index contributed by atoms with van der Waals surface area (Å²) in [6, 6.07) is 32.8. The van der Waals surface area contributed by atoms with Gasteiger partial charge in [0.25, 0.3) is 0 Å². The molecule has 0 amide bonds. The Bertz CT molecular complexity index is 1660. The molecule has 0 spiro atoms. The number of methoxy groups -OCH3 is 2. The number of ether oxygens (including phenoxy) is 2. The average Bonchev–Trinajstić information content (AvgIpc) is 3.50. The lowest BCUT2D eigenvalue weighted by atomic mass is 10.2. The van der Waals surface area contributed by atoms with Gasteiger partial charge in [0, 0.05) is 37.7 Å². The van der Waals surface area contributed by atoms with Gasteiger partial charge in [0.1, 0.15) is 11.5 Å². The summed E-state index contributed by atoms with van der Waals surface area (Å²) in [5.41, 5.74) is 6.82. The zero-order chi connectivity index (χ0) is 27.9. The second-order valence-corrected chi connectivity index (χ2v) is 11.0. The van der Waals surface area contributed by atoms with E-state index in [0.29, 0.717) is 0 Å². The number of hydrogen-bond donors (Lipinski definition) is 0. The molecule has 2 heterocycles. The lowest BCUT2D eigenvalue weighted by Crippen LogP contribution is -1.91. The number of rotatable bonds is 8. The van der Waals surface area contributed by atoms with Crippen molar-refractivity contribution in [3.63, 3.8) is 0 Å². The van der Waals surface area contributed by atoms with Crippen LogP contribution in [0, 0.1) is 0 Å². The summed E-state index contributed by atoms with van der Waals surface area (Å²) in [5, 5.41) is 2.05. The summed E-state index contributed by atoms with van der Waals surface area (Å²) in [4.78, 5) is 9.35. The quantitative estimate of drug-likeness (QED) is 0.175. The van der Waals surface area contributed by atoms with Crippen molar-refractivity contribution in [2.45, 2.75) is 21.8 Å². The molecule has 4 aromatic carbocycles. The van der Waals surface area contributed by atoms with Gasteiger partial charge in [-0.15, -0.1) is 0 Å². The van der Waals surface area contributed by atoms with E-state index in [1.807, 2.05) is 55.6 Å². The third kappa shape index (κ3) is 6.46. The Hall–Kier alpha value is -3.88. The third-order valence-corrected chi connectivity index (χ3v) is 8.72. The van der Waals surface area contributed by atoms with Gasteiger partial charge < -0.3 is 18.6 Å². The standard InChI is InChI=1S/2C16H16N2OS/c1-18-15-9-8-13(19-2)10-14(15)17-16(18)20-11-12-6-4-3-5-7-12;1-18-15-10-13(19-2)8-9-14(15)17-16(18)20-11-12-6-4-3-5-7-12/h2*3-10H,11H2,1-2H3. The summed E-state index contributed by atoms with van der Waals surface area (Å²) >= 11 is 3.50. The van der Waals surface area contributed by atoms with Gasteiger partial charge >= 0.3 is 0 Å². The van der Waals surface area contributed by atoms with Crippen molar-refractivity contribution in [3.8, 4) is 11.5 Å². The maximum absolute atomic E-state index is 5.27. The molecular formula is C32H32N4O2S2. The summed E-state index contributed by atoms with van der Waals surface area (Å²) in [6.45, 7) is 0. The highest BCUT2D eigenvalue weighted by molar-refractivity contribution is 7.98. The number of hydrogen-bond acceptors (Lipinski definition) is 6. The number of aryl methyl sites for hydroxylation is 2. The Labute approximate surface area is 243 Å². The van der Waals surface area contributed by atoms with Crippen molar-refractivity contribution in [2.75, 3.05) is 14.2 Å². The summed E-state index contributed by atoms with van der Waals surface area (Å²) in [7, 11) is 7.45.